The van der Waals surface area contributed by atoms with Gasteiger partial charge < -0.3 is 4.74 Å². The third kappa shape index (κ3) is 5.58. The second-order valence-corrected chi connectivity index (χ2v) is 10.2. The van der Waals surface area contributed by atoms with E-state index in [2.05, 4.69) is 5.10 Å². The largest absolute Gasteiger partial charge is 0.489 e. The van der Waals surface area contributed by atoms with Crippen LogP contribution in [0, 0.1) is 12.7 Å². The van der Waals surface area contributed by atoms with E-state index in [1.807, 2.05) is 19.1 Å². The lowest BCUT2D eigenvalue weighted by Crippen LogP contribution is -2.08. The Balaban J connectivity index is 1.47. The van der Waals surface area contributed by atoms with Crippen molar-refractivity contribution in [2.75, 3.05) is 0 Å². The van der Waals surface area contributed by atoms with E-state index in [4.69, 9.17) is 21.3 Å². The van der Waals surface area contributed by atoms with Gasteiger partial charge in [0.05, 0.1) is 22.3 Å². The van der Waals surface area contributed by atoms with Crippen molar-refractivity contribution in [3.05, 3.63) is 131 Å². The van der Waals surface area contributed by atoms with Gasteiger partial charge in [-0.2, -0.15) is 18.3 Å². The summed E-state index contributed by atoms with van der Waals surface area (Å²) in [5.74, 6) is 0.166. The highest BCUT2D eigenvalue weighted by Crippen LogP contribution is 2.42. The highest BCUT2D eigenvalue weighted by atomic mass is 35.5. The van der Waals surface area contributed by atoms with E-state index in [0.717, 1.165) is 17.2 Å². The first kappa shape index (κ1) is 27.5. The second kappa shape index (κ2) is 10.9. The van der Waals surface area contributed by atoms with Crippen LogP contribution in [0.1, 0.15) is 16.7 Å². The Labute approximate surface area is 243 Å². The standard InChI is InChI=1S/C33H22ClF4N3O/c1-20-5-9-23(10-6-20)31-30-28(33(36,37)38)18-29(39-32(30)41(40-31)26-4-2-3-24(34)17-26)22-11-15-27(16-12-22)42-19-21-7-13-25(35)14-8-21/h2-18H,19H2,1H3. The molecule has 4 nitrogen and oxygen atoms in total. The van der Waals surface area contributed by atoms with Crippen LogP contribution in [0.4, 0.5) is 17.6 Å². The van der Waals surface area contributed by atoms with Gasteiger partial charge in [-0.15, -0.1) is 0 Å². The lowest BCUT2D eigenvalue weighted by atomic mass is 10.0. The summed E-state index contributed by atoms with van der Waals surface area (Å²) in [5, 5.41) is 4.95. The van der Waals surface area contributed by atoms with E-state index in [9.17, 15) is 17.6 Å². The molecule has 0 fully saturated rings. The van der Waals surface area contributed by atoms with Gasteiger partial charge in [-0.1, -0.05) is 59.6 Å². The first-order valence-electron chi connectivity index (χ1n) is 13.0. The number of nitrogens with zero attached hydrogens (tertiary/aromatic N) is 3. The number of benzene rings is 4. The Morgan fingerprint density at radius 1 is 0.833 bits per heavy atom. The van der Waals surface area contributed by atoms with Crippen LogP contribution in [0.25, 0.3) is 39.2 Å². The maximum atomic E-state index is 14.7. The van der Waals surface area contributed by atoms with Crippen LogP contribution in [0.5, 0.6) is 5.75 Å². The average Bonchev–Trinajstić information content (AvgIpc) is 3.36. The number of pyridine rings is 1. The Morgan fingerprint density at radius 3 is 2.19 bits per heavy atom. The molecule has 9 heteroatoms. The smallest absolute Gasteiger partial charge is 0.417 e. The highest BCUT2D eigenvalue weighted by Gasteiger charge is 2.36. The van der Waals surface area contributed by atoms with Gasteiger partial charge in [0.2, 0.25) is 0 Å². The minimum absolute atomic E-state index is 0.0503. The number of alkyl halides is 3. The van der Waals surface area contributed by atoms with Gasteiger partial charge in [0.25, 0.3) is 0 Å². The fraction of sp³-hybridized carbons (Fsp3) is 0.0909. The fourth-order valence-electron chi connectivity index (χ4n) is 4.66. The highest BCUT2D eigenvalue weighted by molar-refractivity contribution is 6.30. The molecule has 0 saturated carbocycles. The summed E-state index contributed by atoms with van der Waals surface area (Å²) in [6, 6.07) is 27.5. The van der Waals surface area contributed by atoms with Gasteiger partial charge in [0, 0.05) is 16.1 Å². The van der Waals surface area contributed by atoms with E-state index >= 15 is 0 Å². The second-order valence-electron chi connectivity index (χ2n) is 9.80. The van der Waals surface area contributed by atoms with Crippen LogP contribution in [0.15, 0.2) is 103 Å². The van der Waals surface area contributed by atoms with Crippen molar-refractivity contribution >= 4 is 22.6 Å². The van der Waals surface area contributed by atoms with Crippen LogP contribution in [-0.4, -0.2) is 14.8 Å². The van der Waals surface area contributed by atoms with Gasteiger partial charge in [0.1, 0.15) is 23.9 Å². The number of ether oxygens (including phenoxy) is 1. The summed E-state index contributed by atoms with van der Waals surface area (Å²) >= 11 is 6.23. The van der Waals surface area contributed by atoms with Crippen LogP contribution in [0.2, 0.25) is 5.02 Å². The molecule has 0 aliphatic rings. The zero-order chi connectivity index (χ0) is 29.4. The molecule has 2 aromatic heterocycles. The summed E-state index contributed by atoms with van der Waals surface area (Å²) < 4.78 is 64.3. The lowest BCUT2D eigenvalue weighted by molar-refractivity contribution is -0.136. The van der Waals surface area contributed by atoms with E-state index in [1.165, 1.54) is 16.8 Å². The van der Waals surface area contributed by atoms with Crippen molar-refractivity contribution < 1.29 is 22.3 Å². The zero-order valence-electron chi connectivity index (χ0n) is 22.2. The molecule has 6 rings (SSSR count). The predicted molar refractivity (Wildman–Crippen MR) is 155 cm³/mol. The van der Waals surface area contributed by atoms with Crippen molar-refractivity contribution in [3.8, 4) is 34.0 Å². The number of halogens is 5. The van der Waals surface area contributed by atoms with Gasteiger partial charge in [0.15, 0.2) is 5.65 Å². The summed E-state index contributed by atoms with van der Waals surface area (Å²) in [6.45, 7) is 2.11. The quantitative estimate of drug-likeness (QED) is 0.182. The number of aryl methyl sites for hydroxylation is 1. The Morgan fingerprint density at radius 2 is 1.52 bits per heavy atom. The molecule has 0 amide bonds. The molecule has 4 aromatic carbocycles. The molecule has 6 aromatic rings. The average molecular weight is 588 g/mol. The van der Waals surface area contributed by atoms with E-state index in [-0.39, 0.29) is 34.8 Å². The maximum absolute atomic E-state index is 14.7. The number of hydrogen-bond donors (Lipinski definition) is 0. The first-order valence-corrected chi connectivity index (χ1v) is 13.4. The molecule has 210 valence electrons. The van der Waals surface area contributed by atoms with Crippen molar-refractivity contribution in [2.45, 2.75) is 19.7 Å². The SMILES string of the molecule is Cc1ccc(-c2nn(-c3cccc(Cl)c3)c3nc(-c4ccc(OCc5ccc(F)cc5)cc4)cc(C(F)(F)F)c23)cc1. The molecular weight excluding hydrogens is 566 g/mol. The van der Waals surface area contributed by atoms with Gasteiger partial charge in [-0.25, -0.2) is 14.1 Å². The molecule has 0 spiro atoms. The van der Waals surface area contributed by atoms with Gasteiger partial charge >= 0.3 is 6.18 Å². The van der Waals surface area contributed by atoms with Crippen LogP contribution < -0.4 is 4.74 Å². The van der Waals surface area contributed by atoms with E-state index in [1.54, 1.807) is 72.8 Å². The number of fused-ring (bicyclic) bond motifs is 1. The Bertz CT molecular complexity index is 1880. The normalized spacial score (nSPS) is 11.7. The number of rotatable bonds is 6. The molecule has 0 atom stereocenters. The Kier molecular flexibility index (Phi) is 7.16. The molecule has 0 aliphatic heterocycles. The summed E-state index contributed by atoms with van der Waals surface area (Å²) in [7, 11) is 0. The number of hydrogen-bond acceptors (Lipinski definition) is 3. The van der Waals surface area contributed by atoms with Crippen molar-refractivity contribution in [1.82, 2.24) is 14.8 Å². The third-order valence-electron chi connectivity index (χ3n) is 6.79. The molecule has 0 aliphatic carbocycles. The summed E-state index contributed by atoms with van der Waals surface area (Å²) in [6.07, 6.45) is -4.68. The fourth-order valence-corrected chi connectivity index (χ4v) is 4.84. The van der Waals surface area contributed by atoms with Gasteiger partial charge in [-0.3, -0.25) is 0 Å². The van der Waals surface area contributed by atoms with E-state index < -0.39 is 11.7 Å². The minimum Gasteiger partial charge on any atom is -0.489 e. The van der Waals surface area contributed by atoms with E-state index in [0.29, 0.717) is 27.6 Å². The molecule has 42 heavy (non-hydrogen) atoms. The molecule has 0 unspecified atom stereocenters. The molecule has 0 bridgehead atoms. The topological polar surface area (TPSA) is 39.9 Å². The Hall–Kier alpha value is -4.69. The van der Waals surface area contributed by atoms with Crippen molar-refractivity contribution in [3.63, 3.8) is 0 Å². The predicted octanol–water partition coefficient (Wildman–Crippen LogP) is 9.45. The van der Waals surface area contributed by atoms with Crippen LogP contribution in [-0.2, 0) is 12.8 Å². The molecule has 0 radical (unpaired) electrons. The molecule has 2 heterocycles. The number of aromatic nitrogens is 3. The van der Waals surface area contributed by atoms with Crippen LogP contribution >= 0.6 is 11.6 Å². The monoisotopic (exact) mass is 587 g/mol. The molecule has 0 N–H and O–H groups in total. The lowest BCUT2D eigenvalue weighted by Gasteiger charge is -2.13. The third-order valence-corrected chi connectivity index (χ3v) is 7.02. The zero-order valence-corrected chi connectivity index (χ0v) is 22.9. The summed E-state index contributed by atoms with van der Waals surface area (Å²) in [4.78, 5) is 4.70. The first-order chi connectivity index (χ1) is 20.2. The van der Waals surface area contributed by atoms with Crippen molar-refractivity contribution in [1.29, 1.82) is 0 Å². The van der Waals surface area contributed by atoms with Gasteiger partial charge in [-0.05, 0) is 73.2 Å². The summed E-state index contributed by atoms with van der Waals surface area (Å²) in [5.41, 5.74) is 2.73. The molecule has 0 saturated heterocycles. The van der Waals surface area contributed by atoms with Crippen LogP contribution in [0.3, 0.4) is 0 Å². The molecular formula is C33H22ClF4N3O. The minimum atomic E-state index is -4.68. The maximum Gasteiger partial charge on any atom is 0.417 e. The van der Waals surface area contributed by atoms with Crippen molar-refractivity contribution in [2.24, 2.45) is 0 Å².